The SMILES string of the molecule is Nc1nc2ccc(F)c(F)c2n1CC1CCCCC1. The van der Waals surface area contributed by atoms with Gasteiger partial charge in [-0.3, -0.25) is 0 Å². The summed E-state index contributed by atoms with van der Waals surface area (Å²) in [6, 6.07) is 2.57. The zero-order valence-corrected chi connectivity index (χ0v) is 10.7. The Morgan fingerprint density at radius 3 is 2.68 bits per heavy atom. The van der Waals surface area contributed by atoms with Crippen molar-refractivity contribution in [3.05, 3.63) is 23.8 Å². The van der Waals surface area contributed by atoms with Gasteiger partial charge in [-0.05, 0) is 30.9 Å². The van der Waals surface area contributed by atoms with E-state index in [1.165, 1.54) is 25.3 Å². The number of rotatable bonds is 2. The molecule has 0 spiro atoms. The van der Waals surface area contributed by atoms with Gasteiger partial charge in [0.2, 0.25) is 5.95 Å². The number of benzene rings is 1. The van der Waals surface area contributed by atoms with Gasteiger partial charge < -0.3 is 10.3 Å². The number of hydrogen-bond acceptors (Lipinski definition) is 2. The smallest absolute Gasteiger partial charge is 0.201 e. The van der Waals surface area contributed by atoms with Gasteiger partial charge in [0.25, 0.3) is 0 Å². The van der Waals surface area contributed by atoms with Crippen molar-refractivity contribution >= 4 is 17.0 Å². The summed E-state index contributed by atoms with van der Waals surface area (Å²) < 4.78 is 28.9. The number of fused-ring (bicyclic) bond motifs is 1. The molecule has 1 aliphatic rings. The maximum Gasteiger partial charge on any atom is 0.201 e. The van der Waals surface area contributed by atoms with Crippen LogP contribution in [0.25, 0.3) is 11.0 Å². The van der Waals surface area contributed by atoms with Crippen molar-refractivity contribution in [3.63, 3.8) is 0 Å². The normalized spacial score (nSPS) is 17.2. The average molecular weight is 265 g/mol. The van der Waals surface area contributed by atoms with Gasteiger partial charge in [0.15, 0.2) is 11.6 Å². The summed E-state index contributed by atoms with van der Waals surface area (Å²) in [5, 5.41) is 0. The van der Waals surface area contributed by atoms with Crippen LogP contribution < -0.4 is 5.73 Å². The summed E-state index contributed by atoms with van der Waals surface area (Å²) >= 11 is 0. The molecule has 19 heavy (non-hydrogen) atoms. The van der Waals surface area contributed by atoms with E-state index in [9.17, 15) is 8.78 Å². The van der Waals surface area contributed by atoms with Crippen molar-refractivity contribution in [1.29, 1.82) is 0 Å². The maximum atomic E-state index is 13.9. The van der Waals surface area contributed by atoms with Crippen LogP contribution in [0.1, 0.15) is 32.1 Å². The second-order valence-corrected chi connectivity index (χ2v) is 5.31. The molecule has 1 heterocycles. The predicted molar refractivity (Wildman–Crippen MR) is 70.6 cm³/mol. The minimum absolute atomic E-state index is 0.197. The monoisotopic (exact) mass is 265 g/mol. The summed E-state index contributed by atoms with van der Waals surface area (Å²) in [6.45, 7) is 0.628. The number of anilines is 1. The zero-order chi connectivity index (χ0) is 13.4. The van der Waals surface area contributed by atoms with E-state index in [-0.39, 0.29) is 11.5 Å². The summed E-state index contributed by atoms with van der Waals surface area (Å²) in [5.74, 6) is -0.948. The van der Waals surface area contributed by atoms with E-state index in [1.807, 2.05) is 0 Å². The van der Waals surface area contributed by atoms with Gasteiger partial charge in [-0.1, -0.05) is 19.3 Å². The Hall–Kier alpha value is -1.65. The number of nitrogens with zero attached hydrogens (tertiary/aromatic N) is 2. The van der Waals surface area contributed by atoms with Crippen LogP contribution in [-0.2, 0) is 6.54 Å². The molecule has 5 heteroatoms. The second kappa shape index (κ2) is 4.79. The molecule has 2 aromatic rings. The minimum Gasteiger partial charge on any atom is -0.369 e. The molecule has 1 aliphatic carbocycles. The molecule has 0 unspecified atom stereocenters. The summed E-state index contributed by atoms with van der Waals surface area (Å²) in [5.41, 5.74) is 6.47. The van der Waals surface area contributed by atoms with Gasteiger partial charge in [-0.15, -0.1) is 0 Å². The third-order valence-corrected chi connectivity index (χ3v) is 3.99. The molecule has 2 N–H and O–H groups in total. The molecule has 1 saturated carbocycles. The van der Waals surface area contributed by atoms with E-state index >= 15 is 0 Å². The van der Waals surface area contributed by atoms with Gasteiger partial charge in [0.1, 0.15) is 5.52 Å². The van der Waals surface area contributed by atoms with Crippen molar-refractivity contribution in [2.75, 3.05) is 5.73 Å². The number of hydrogen-bond donors (Lipinski definition) is 1. The molecule has 0 radical (unpaired) electrons. The third kappa shape index (κ3) is 2.17. The Labute approximate surface area is 110 Å². The Morgan fingerprint density at radius 2 is 1.95 bits per heavy atom. The molecule has 0 bridgehead atoms. The molecule has 1 aromatic carbocycles. The van der Waals surface area contributed by atoms with Crippen molar-refractivity contribution < 1.29 is 8.78 Å². The summed E-state index contributed by atoms with van der Waals surface area (Å²) in [7, 11) is 0. The van der Waals surface area contributed by atoms with Crippen LogP contribution in [0.15, 0.2) is 12.1 Å². The molecule has 1 fully saturated rings. The van der Waals surface area contributed by atoms with Crippen LogP contribution in [-0.4, -0.2) is 9.55 Å². The van der Waals surface area contributed by atoms with E-state index in [0.29, 0.717) is 18.0 Å². The van der Waals surface area contributed by atoms with Gasteiger partial charge in [-0.2, -0.15) is 0 Å². The first-order valence-electron chi connectivity index (χ1n) is 6.76. The average Bonchev–Trinajstić information content (AvgIpc) is 2.73. The van der Waals surface area contributed by atoms with Crippen LogP contribution >= 0.6 is 0 Å². The maximum absolute atomic E-state index is 13.9. The lowest BCUT2D eigenvalue weighted by Gasteiger charge is -2.22. The molecular weight excluding hydrogens is 248 g/mol. The zero-order valence-electron chi connectivity index (χ0n) is 10.7. The lowest BCUT2D eigenvalue weighted by molar-refractivity contribution is 0.322. The van der Waals surface area contributed by atoms with Gasteiger partial charge in [-0.25, -0.2) is 13.8 Å². The molecule has 102 valence electrons. The molecule has 1 aromatic heterocycles. The Morgan fingerprint density at radius 1 is 1.21 bits per heavy atom. The summed E-state index contributed by atoms with van der Waals surface area (Å²) in [6.07, 6.45) is 5.91. The third-order valence-electron chi connectivity index (χ3n) is 3.99. The fourth-order valence-electron chi connectivity index (χ4n) is 2.99. The Bertz CT molecular complexity index is 600. The van der Waals surface area contributed by atoms with Crippen molar-refractivity contribution in [2.45, 2.75) is 38.6 Å². The highest BCUT2D eigenvalue weighted by Gasteiger charge is 2.20. The van der Waals surface area contributed by atoms with Crippen LogP contribution in [0.5, 0.6) is 0 Å². The Kier molecular flexibility index (Phi) is 3.12. The first-order valence-corrected chi connectivity index (χ1v) is 6.76. The molecule has 0 saturated heterocycles. The summed E-state index contributed by atoms with van der Waals surface area (Å²) in [4.78, 5) is 4.11. The van der Waals surface area contributed by atoms with Gasteiger partial charge >= 0.3 is 0 Å². The highest BCUT2D eigenvalue weighted by molar-refractivity contribution is 5.79. The fourth-order valence-corrected chi connectivity index (χ4v) is 2.99. The van der Waals surface area contributed by atoms with E-state index in [2.05, 4.69) is 4.98 Å². The van der Waals surface area contributed by atoms with E-state index in [0.717, 1.165) is 18.9 Å². The quantitative estimate of drug-likeness (QED) is 0.903. The standard InChI is InChI=1S/C14H17F2N3/c15-10-6-7-11-13(12(10)16)19(14(17)18-11)8-9-4-2-1-3-5-9/h6-7,9H,1-5,8H2,(H2,17,18). The highest BCUT2D eigenvalue weighted by atomic mass is 19.2. The molecule has 0 aliphatic heterocycles. The van der Waals surface area contributed by atoms with Crippen LogP contribution in [0, 0.1) is 17.6 Å². The highest BCUT2D eigenvalue weighted by Crippen LogP contribution is 2.29. The van der Waals surface area contributed by atoms with Crippen molar-refractivity contribution in [3.8, 4) is 0 Å². The number of aromatic nitrogens is 2. The number of halogens is 2. The predicted octanol–water partition coefficient (Wildman–Crippen LogP) is 3.48. The topological polar surface area (TPSA) is 43.8 Å². The van der Waals surface area contributed by atoms with Crippen LogP contribution in [0.4, 0.5) is 14.7 Å². The number of nitrogen functional groups attached to an aromatic ring is 1. The van der Waals surface area contributed by atoms with Gasteiger partial charge in [0, 0.05) is 6.54 Å². The van der Waals surface area contributed by atoms with Crippen LogP contribution in [0.2, 0.25) is 0 Å². The first-order chi connectivity index (χ1) is 9.16. The molecule has 0 amide bonds. The molecular formula is C14H17F2N3. The number of nitrogens with two attached hydrogens (primary N) is 1. The molecule has 0 atom stereocenters. The number of imidazole rings is 1. The minimum atomic E-state index is -0.850. The van der Waals surface area contributed by atoms with E-state index in [4.69, 9.17) is 5.73 Å². The Balaban J connectivity index is 2.01. The van der Waals surface area contributed by atoms with Crippen molar-refractivity contribution in [2.24, 2.45) is 5.92 Å². The first kappa shape index (κ1) is 12.4. The van der Waals surface area contributed by atoms with Crippen molar-refractivity contribution in [1.82, 2.24) is 9.55 Å². The lowest BCUT2D eigenvalue weighted by Crippen LogP contribution is -2.16. The lowest BCUT2D eigenvalue weighted by atomic mass is 9.89. The van der Waals surface area contributed by atoms with E-state index in [1.54, 1.807) is 4.57 Å². The largest absolute Gasteiger partial charge is 0.369 e. The van der Waals surface area contributed by atoms with Crippen LogP contribution in [0.3, 0.4) is 0 Å². The second-order valence-electron chi connectivity index (χ2n) is 5.31. The van der Waals surface area contributed by atoms with Gasteiger partial charge in [0.05, 0.1) is 5.52 Å². The van der Waals surface area contributed by atoms with E-state index < -0.39 is 11.6 Å². The fraction of sp³-hybridized carbons (Fsp3) is 0.500. The molecule has 3 nitrogen and oxygen atoms in total. The molecule has 3 rings (SSSR count).